The van der Waals surface area contributed by atoms with Crippen LogP contribution >= 0.6 is 0 Å². The van der Waals surface area contributed by atoms with Crippen LogP contribution in [0.3, 0.4) is 0 Å². The van der Waals surface area contributed by atoms with Crippen LogP contribution < -0.4 is 10.6 Å². The topological polar surface area (TPSA) is 87.2 Å². The highest BCUT2D eigenvalue weighted by atomic mass is 16.2. The lowest BCUT2D eigenvalue weighted by molar-refractivity contribution is -0.123. The molecule has 30 heavy (non-hydrogen) atoms. The number of nitrogens with zero attached hydrogens (tertiary/aromatic N) is 3. The number of hydrogen-bond donors (Lipinski definition) is 2. The van der Waals surface area contributed by atoms with E-state index in [0.29, 0.717) is 18.3 Å². The molecule has 2 N–H and O–H groups in total. The summed E-state index contributed by atoms with van der Waals surface area (Å²) < 4.78 is 0. The summed E-state index contributed by atoms with van der Waals surface area (Å²) in [6.45, 7) is 14.6. The molecule has 1 fully saturated rings. The summed E-state index contributed by atoms with van der Waals surface area (Å²) in [5.74, 6) is 0.395. The Morgan fingerprint density at radius 1 is 1.30 bits per heavy atom. The highest BCUT2D eigenvalue weighted by Gasteiger charge is 2.28. The van der Waals surface area contributed by atoms with Crippen molar-refractivity contribution in [1.29, 1.82) is 0 Å². The molecule has 2 heterocycles. The molecule has 1 aliphatic heterocycles. The smallest absolute Gasteiger partial charge is 0.272 e. The molecule has 0 radical (unpaired) electrons. The van der Waals surface area contributed by atoms with Gasteiger partial charge < -0.3 is 15.5 Å². The fourth-order valence-corrected chi connectivity index (χ4v) is 3.82. The van der Waals surface area contributed by atoms with Gasteiger partial charge in [-0.3, -0.25) is 14.6 Å². The number of nitrogens with one attached hydrogen (secondary N) is 2. The fourth-order valence-electron chi connectivity index (χ4n) is 3.82. The van der Waals surface area contributed by atoms with E-state index in [1.165, 1.54) is 18.6 Å². The standard InChI is InChI=1S/C23H37N5O2/c1-6-7-8-16(2)13-20(27-23(30)21-14-24-10-11-25-21)22(29)26-18(4)19(5)28-12-9-17(3)15-28/h10-11,14,16-18,20H,5-9,12-13,15H2,1-4H3,(H,26,29)(H,27,30)/t16?,17?,18-,20+/m1/s1. The maximum Gasteiger partial charge on any atom is 0.272 e. The molecule has 166 valence electrons. The Morgan fingerprint density at radius 2 is 2.07 bits per heavy atom. The van der Waals surface area contributed by atoms with Gasteiger partial charge in [0.1, 0.15) is 11.7 Å². The first-order valence-corrected chi connectivity index (χ1v) is 11.1. The van der Waals surface area contributed by atoms with Crippen LogP contribution in [0.15, 0.2) is 30.9 Å². The first kappa shape index (κ1) is 23.8. The van der Waals surface area contributed by atoms with E-state index in [1.807, 2.05) is 6.92 Å². The van der Waals surface area contributed by atoms with E-state index in [9.17, 15) is 9.59 Å². The lowest BCUT2D eigenvalue weighted by Crippen LogP contribution is -2.51. The van der Waals surface area contributed by atoms with Crippen molar-refractivity contribution in [2.75, 3.05) is 13.1 Å². The largest absolute Gasteiger partial charge is 0.373 e. The highest BCUT2D eigenvalue weighted by molar-refractivity contribution is 5.95. The fraction of sp³-hybridized carbons (Fsp3) is 0.652. The molecule has 7 nitrogen and oxygen atoms in total. The minimum absolute atomic E-state index is 0.184. The molecule has 0 aromatic carbocycles. The molecule has 7 heteroatoms. The van der Waals surface area contributed by atoms with Crippen molar-refractivity contribution in [2.45, 2.75) is 71.9 Å². The minimum atomic E-state index is -0.626. The molecule has 1 aromatic heterocycles. The van der Waals surface area contributed by atoms with Crippen LogP contribution in [0, 0.1) is 11.8 Å². The zero-order chi connectivity index (χ0) is 22.1. The molecule has 2 unspecified atom stereocenters. The van der Waals surface area contributed by atoms with Crippen LogP contribution in [0.25, 0.3) is 0 Å². The molecule has 2 rings (SSSR count). The van der Waals surface area contributed by atoms with Gasteiger partial charge in [0.05, 0.1) is 12.2 Å². The number of carbonyl (C=O) groups is 2. The Morgan fingerprint density at radius 3 is 2.67 bits per heavy atom. The van der Waals surface area contributed by atoms with Gasteiger partial charge in [-0.2, -0.15) is 0 Å². The summed E-state index contributed by atoms with van der Waals surface area (Å²) in [4.78, 5) is 35.9. The molecule has 0 aliphatic carbocycles. The molecule has 0 saturated carbocycles. The molecule has 0 spiro atoms. The molecule has 2 amide bonds. The number of rotatable bonds is 11. The van der Waals surface area contributed by atoms with Gasteiger partial charge in [-0.05, 0) is 31.6 Å². The van der Waals surface area contributed by atoms with E-state index in [0.717, 1.165) is 44.5 Å². The number of likely N-dealkylation sites (tertiary alicyclic amines) is 1. The zero-order valence-corrected chi connectivity index (χ0v) is 18.9. The van der Waals surface area contributed by atoms with Crippen molar-refractivity contribution in [3.05, 3.63) is 36.6 Å². The summed E-state index contributed by atoms with van der Waals surface area (Å²) in [5.41, 5.74) is 1.13. The quantitative estimate of drug-likeness (QED) is 0.580. The van der Waals surface area contributed by atoms with Gasteiger partial charge in [0.25, 0.3) is 5.91 Å². The lowest BCUT2D eigenvalue weighted by Gasteiger charge is -2.29. The van der Waals surface area contributed by atoms with Gasteiger partial charge in [-0.25, -0.2) is 4.98 Å². The SMILES string of the molecule is C=C([C@@H](C)NC(=O)[C@H](CC(C)CCCC)NC(=O)c1cnccn1)N1CCC(C)C1. The van der Waals surface area contributed by atoms with Crippen molar-refractivity contribution in [3.8, 4) is 0 Å². The van der Waals surface area contributed by atoms with Gasteiger partial charge in [-0.15, -0.1) is 0 Å². The summed E-state index contributed by atoms with van der Waals surface area (Å²) in [7, 11) is 0. The summed E-state index contributed by atoms with van der Waals surface area (Å²) in [5, 5.41) is 5.92. The van der Waals surface area contributed by atoms with E-state index in [4.69, 9.17) is 0 Å². The maximum atomic E-state index is 13.1. The van der Waals surface area contributed by atoms with E-state index >= 15 is 0 Å². The van der Waals surface area contributed by atoms with Crippen LogP contribution in [-0.2, 0) is 4.79 Å². The van der Waals surface area contributed by atoms with Crippen molar-refractivity contribution < 1.29 is 9.59 Å². The molecule has 1 aromatic rings. The van der Waals surface area contributed by atoms with Gasteiger partial charge in [0.2, 0.25) is 5.91 Å². The normalized spacial score (nSPS) is 19.1. The van der Waals surface area contributed by atoms with E-state index in [2.05, 4.69) is 52.9 Å². The third kappa shape index (κ3) is 7.11. The summed E-state index contributed by atoms with van der Waals surface area (Å²) in [6, 6.07) is -0.816. The van der Waals surface area contributed by atoms with Crippen LogP contribution in [-0.4, -0.2) is 51.9 Å². The Bertz CT molecular complexity index is 709. The number of amides is 2. The third-order valence-corrected chi connectivity index (χ3v) is 5.79. The first-order valence-electron chi connectivity index (χ1n) is 11.1. The number of hydrogen-bond acceptors (Lipinski definition) is 5. The van der Waals surface area contributed by atoms with Crippen LogP contribution in [0.2, 0.25) is 0 Å². The van der Waals surface area contributed by atoms with Crippen molar-refractivity contribution in [1.82, 2.24) is 25.5 Å². The Kier molecular flexibility index (Phi) is 9.27. The predicted octanol–water partition coefficient (Wildman–Crippen LogP) is 3.15. The van der Waals surface area contributed by atoms with Crippen LogP contribution in [0.4, 0.5) is 0 Å². The zero-order valence-electron chi connectivity index (χ0n) is 18.9. The number of aromatic nitrogens is 2. The second-order valence-electron chi connectivity index (χ2n) is 8.66. The third-order valence-electron chi connectivity index (χ3n) is 5.79. The lowest BCUT2D eigenvalue weighted by atomic mass is 9.95. The minimum Gasteiger partial charge on any atom is -0.373 e. The molecular formula is C23H37N5O2. The average Bonchev–Trinajstić information content (AvgIpc) is 3.17. The van der Waals surface area contributed by atoms with Crippen molar-refractivity contribution in [3.63, 3.8) is 0 Å². The second kappa shape index (κ2) is 11.7. The average molecular weight is 416 g/mol. The molecule has 1 saturated heterocycles. The van der Waals surface area contributed by atoms with Crippen molar-refractivity contribution >= 4 is 11.8 Å². The Hall–Kier alpha value is -2.44. The highest BCUT2D eigenvalue weighted by Crippen LogP contribution is 2.21. The second-order valence-corrected chi connectivity index (χ2v) is 8.66. The van der Waals surface area contributed by atoms with Crippen LogP contribution in [0.5, 0.6) is 0 Å². The summed E-state index contributed by atoms with van der Waals surface area (Å²) in [6.07, 6.45) is 9.35. The number of unbranched alkanes of at least 4 members (excludes halogenated alkanes) is 1. The first-order chi connectivity index (χ1) is 14.3. The van der Waals surface area contributed by atoms with E-state index in [1.54, 1.807) is 0 Å². The van der Waals surface area contributed by atoms with Gasteiger partial charge >= 0.3 is 0 Å². The maximum absolute atomic E-state index is 13.1. The van der Waals surface area contributed by atoms with Gasteiger partial charge in [0, 0.05) is 31.2 Å². The van der Waals surface area contributed by atoms with Crippen molar-refractivity contribution in [2.24, 2.45) is 11.8 Å². The van der Waals surface area contributed by atoms with Gasteiger partial charge in [0.15, 0.2) is 0 Å². The molecular weight excluding hydrogens is 378 g/mol. The number of carbonyl (C=O) groups excluding carboxylic acids is 2. The monoisotopic (exact) mass is 415 g/mol. The molecule has 1 aliphatic rings. The molecule has 0 bridgehead atoms. The van der Waals surface area contributed by atoms with E-state index < -0.39 is 6.04 Å². The van der Waals surface area contributed by atoms with E-state index in [-0.39, 0.29) is 23.6 Å². The Balaban J connectivity index is 2.03. The van der Waals surface area contributed by atoms with Gasteiger partial charge in [-0.1, -0.05) is 46.6 Å². The predicted molar refractivity (Wildman–Crippen MR) is 119 cm³/mol. The Labute approximate surface area is 180 Å². The van der Waals surface area contributed by atoms with Crippen LogP contribution in [0.1, 0.15) is 70.3 Å². The summed E-state index contributed by atoms with van der Waals surface area (Å²) >= 11 is 0. The molecule has 4 atom stereocenters.